The molecule has 9 heteroatoms. The topological polar surface area (TPSA) is 64.1 Å². The Labute approximate surface area is 215 Å². The van der Waals surface area contributed by atoms with Crippen molar-refractivity contribution in [2.45, 2.75) is 6.17 Å². The first kappa shape index (κ1) is 23.3. The van der Waals surface area contributed by atoms with Crippen molar-refractivity contribution in [2.24, 2.45) is 4.99 Å². The number of benzodiazepines with no additional fused rings is 1. The number of nitrogens with one attached hydrogen (secondary N) is 1. The predicted molar refractivity (Wildman–Crippen MR) is 144 cm³/mol. The van der Waals surface area contributed by atoms with Gasteiger partial charge in [-0.25, -0.2) is 9.98 Å². The number of carbonyl (C=O) groups is 1. The van der Waals surface area contributed by atoms with Gasteiger partial charge in [-0.1, -0.05) is 48.0 Å². The second-order valence-corrected chi connectivity index (χ2v) is 9.24. The number of aromatic nitrogens is 1. The average Bonchev–Trinajstić information content (AvgIpc) is 3.00. The van der Waals surface area contributed by atoms with Gasteiger partial charge < -0.3 is 20.0 Å². The van der Waals surface area contributed by atoms with Gasteiger partial charge in [-0.3, -0.25) is 4.79 Å². The van der Waals surface area contributed by atoms with Gasteiger partial charge in [-0.05, 0) is 42.5 Å². The van der Waals surface area contributed by atoms with Crippen LogP contribution in [0.5, 0.6) is 0 Å². The summed E-state index contributed by atoms with van der Waals surface area (Å²) in [6.07, 6.45) is 0.943. The van der Waals surface area contributed by atoms with E-state index in [1.807, 2.05) is 60.7 Å². The zero-order chi connectivity index (χ0) is 24.4. The van der Waals surface area contributed by atoms with Crippen LogP contribution in [0.4, 0.5) is 11.5 Å². The Morgan fingerprint density at radius 1 is 1.03 bits per heavy atom. The van der Waals surface area contributed by atoms with E-state index >= 15 is 0 Å². The molecule has 2 aromatic carbocycles. The molecule has 1 amide bonds. The molecule has 0 bridgehead atoms. The maximum absolute atomic E-state index is 13.5. The van der Waals surface area contributed by atoms with Gasteiger partial charge in [-0.2, -0.15) is 0 Å². The minimum absolute atomic E-state index is 0.186. The van der Waals surface area contributed by atoms with Gasteiger partial charge in [0, 0.05) is 55.6 Å². The van der Waals surface area contributed by atoms with E-state index in [1.165, 1.54) is 0 Å². The first-order chi connectivity index (χ1) is 17.0. The number of likely N-dealkylation sites (N-methyl/N-ethyl adjacent to an activating group) is 1. The highest BCUT2D eigenvalue weighted by Gasteiger charge is 2.32. The van der Waals surface area contributed by atoms with Crippen molar-refractivity contribution < 1.29 is 4.79 Å². The lowest BCUT2D eigenvalue weighted by Gasteiger charge is -2.37. The predicted octanol–water partition coefficient (Wildman–Crippen LogP) is 3.57. The third-order valence-corrected chi connectivity index (χ3v) is 6.86. The molecule has 0 spiro atoms. The highest BCUT2D eigenvalue weighted by molar-refractivity contribution is 7.80. The lowest BCUT2D eigenvalue weighted by molar-refractivity contribution is -0.119. The smallest absolute Gasteiger partial charge is 0.272 e. The first-order valence-corrected chi connectivity index (χ1v) is 12.2. The number of fused-ring (bicyclic) bond motifs is 1. The average molecular weight is 505 g/mol. The Morgan fingerprint density at radius 2 is 1.77 bits per heavy atom. The number of hydrogen-bond acceptors (Lipinski definition) is 5. The Morgan fingerprint density at radius 3 is 2.49 bits per heavy atom. The number of nitrogens with zero attached hydrogens (tertiary/aromatic N) is 5. The number of pyridine rings is 1. The Balaban J connectivity index is 1.39. The van der Waals surface area contributed by atoms with Crippen molar-refractivity contribution in [3.05, 3.63) is 89.1 Å². The summed E-state index contributed by atoms with van der Waals surface area (Å²) in [6, 6.07) is 21.2. The minimum Gasteiger partial charge on any atom is -0.353 e. The zero-order valence-corrected chi connectivity index (χ0v) is 20.8. The molecule has 1 atom stereocenters. The van der Waals surface area contributed by atoms with E-state index in [0.29, 0.717) is 15.8 Å². The molecule has 7 nitrogen and oxygen atoms in total. The molecule has 1 saturated heterocycles. The third-order valence-electron chi connectivity index (χ3n) is 6.25. The Bertz CT molecular complexity index is 1260. The van der Waals surface area contributed by atoms with Crippen LogP contribution in [0.1, 0.15) is 11.1 Å². The third kappa shape index (κ3) is 4.85. The molecule has 1 unspecified atom stereocenters. The SMILES string of the molecule is CN1C(=O)C(NC(=S)N2CCN(c3ccccn3)CC2)N=C(c2ccccc2)c2cc(Cl)ccc21. The standard InChI is InChI=1S/C26H25ClN6OS/c1-31-21-11-10-19(27)17-20(21)23(18-7-3-2-4-8-18)29-24(25(31)34)30-26(35)33-15-13-32(14-16-33)22-9-5-6-12-28-22/h2-12,17,24H,13-16H2,1H3,(H,30,35). The van der Waals surface area contributed by atoms with Crippen molar-refractivity contribution >= 4 is 52.1 Å². The summed E-state index contributed by atoms with van der Waals surface area (Å²) in [5.41, 5.74) is 3.15. The summed E-state index contributed by atoms with van der Waals surface area (Å²) in [6.45, 7) is 3.04. The van der Waals surface area contributed by atoms with E-state index < -0.39 is 6.17 Å². The maximum Gasteiger partial charge on any atom is 0.272 e. The van der Waals surface area contributed by atoms with Gasteiger partial charge in [0.15, 0.2) is 5.11 Å². The monoisotopic (exact) mass is 504 g/mol. The van der Waals surface area contributed by atoms with Crippen LogP contribution in [-0.2, 0) is 4.79 Å². The van der Waals surface area contributed by atoms with Gasteiger partial charge in [0.25, 0.3) is 5.91 Å². The maximum atomic E-state index is 13.5. The zero-order valence-electron chi connectivity index (χ0n) is 19.3. The summed E-state index contributed by atoms with van der Waals surface area (Å²) in [4.78, 5) is 28.7. The second kappa shape index (κ2) is 10.0. The number of halogens is 1. The van der Waals surface area contributed by atoms with E-state index in [9.17, 15) is 4.79 Å². The molecule has 0 saturated carbocycles. The second-order valence-electron chi connectivity index (χ2n) is 8.42. The Hall–Kier alpha value is -3.49. The molecule has 0 radical (unpaired) electrons. The van der Waals surface area contributed by atoms with Crippen LogP contribution < -0.4 is 15.1 Å². The minimum atomic E-state index is -0.859. The molecule has 3 aromatic rings. The van der Waals surface area contributed by atoms with E-state index in [2.05, 4.69) is 20.1 Å². The number of aliphatic imine (C=N–C) groups is 1. The van der Waals surface area contributed by atoms with Gasteiger partial charge in [0.1, 0.15) is 5.82 Å². The molecule has 178 valence electrons. The molecule has 2 aliphatic rings. The van der Waals surface area contributed by atoms with Crippen LogP contribution in [-0.4, -0.2) is 66.0 Å². The van der Waals surface area contributed by atoms with Gasteiger partial charge in [-0.15, -0.1) is 0 Å². The number of benzene rings is 2. The van der Waals surface area contributed by atoms with Crippen molar-refractivity contribution in [3.8, 4) is 0 Å². The normalized spacial score (nSPS) is 18.0. The highest BCUT2D eigenvalue weighted by atomic mass is 35.5. The highest BCUT2D eigenvalue weighted by Crippen LogP contribution is 2.30. The van der Waals surface area contributed by atoms with Gasteiger partial charge in [0.2, 0.25) is 6.17 Å². The van der Waals surface area contributed by atoms with Crippen molar-refractivity contribution in [1.82, 2.24) is 15.2 Å². The number of piperazine rings is 1. The van der Waals surface area contributed by atoms with E-state index in [-0.39, 0.29) is 5.91 Å². The fourth-order valence-corrected chi connectivity index (χ4v) is 4.82. The van der Waals surface area contributed by atoms with Gasteiger partial charge in [0.05, 0.1) is 11.4 Å². The number of amides is 1. The van der Waals surface area contributed by atoms with Crippen LogP contribution in [0, 0.1) is 0 Å². The molecule has 1 fully saturated rings. The molecule has 1 aromatic heterocycles. The summed E-state index contributed by atoms with van der Waals surface area (Å²) in [7, 11) is 1.75. The molecule has 35 heavy (non-hydrogen) atoms. The van der Waals surface area contributed by atoms with Crippen LogP contribution in [0.3, 0.4) is 0 Å². The lowest BCUT2D eigenvalue weighted by atomic mass is 10.0. The summed E-state index contributed by atoms with van der Waals surface area (Å²) in [5, 5.41) is 4.32. The number of carbonyl (C=O) groups excluding carboxylic acids is 1. The van der Waals surface area contributed by atoms with Crippen LogP contribution >= 0.6 is 23.8 Å². The largest absolute Gasteiger partial charge is 0.353 e. The van der Waals surface area contributed by atoms with Crippen LogP contribution in [0.25, 0.3) is 0 Å². The molecule has 0 aliphatic carbocycles. The molecule has 3 heterocycles. The quantitative estimate of drug-likeness (QED) is 0.550. The fraction of sp³-hybridized carbons (Fsp3) is 0.231. The summed E-state index contributed by atoms with van der Waals surface area (Å²) in [5.74, 6) is 0.772. The van der Waals surface area contributed by atoms with Crippen molar-refractivity contribution in [3.63, 3.8) is 0 Å². The van der Waals surface area contributed by atoms with Crippen LogP contribution in [0.2, 0.25) is 5.02 Å². The summed E-state index contributed by atoms with van der Waals surface area (Å²) < 4.78 is 0. The molecule has 5 rings (SSSR count). The lowest BCUT2D eigenvalue weighted by Crippen LogP contribution is -2.55. The number of thiocarbonyl (C=S) groups is 1. The first-order valence-electron chi connectivity index (χ1n) is 11.4. The van der Waals surface area contributed by atoms with E-state index in [0.717, 1.165) is 48.8 Å². The molecule has 1 N–H and O–H groups in total. The summed E-state index contributed by atoms with van der Waals surface area (Å²) >= 11 is 12.1. The molecule has 2 aliphatic heterocycles. The molecular formula is C26H25ClN6OS. The number of hydrogen-bond donors (Lipinski definition) is 1. The van der Waals surface area contributed by atoms with E-state index in [1.54, 1.807) is 24.2 Å². The van der Waals surface area contributed by atoms with E-state index in [4.69, 9.17) is 28.8 Å². The fourth-order valence-electron chi connectivity index (χ4n) is 4.35. The van der Waals surface area contributed by atoms with Gasteiger partial charge >= 0.3 is 0 Å². The van der Waals surface area contributed by atoms with Crippen molar-refractivity contribution in [1.29, 1.82) is 0 Å². The Kier molecular flexibility index (Phi) is 6.66. The van der Waals surface area contributed by atoms with Crippen LogP contribution in [0.15, 0.2) is 77.9 Å². The number of anilines is 2. The molecular weight excluding hydrogens is 480 g/mol. The van der Waals surface area contributed by atoms with Crippen molar-refractivity contribution in [2.75, 3.05) is 43.0 Å². The number of rotatable bonds is 3.